The van der Waals surface area contributed by atoms with E-state index >= 15 is 0 Å². The maximum Gasteiger partial charge on any atom is 0.228 e. The molecular formula is C19H23N3OS. The fourth-order valence-electron chi connectivity index (χ4n) is 3.92. The van der Waals surface area contributed by atoms with Crippen molar-refractivity contribution >= 4 is 17.2 Å². The third-order valence-corrected chi connectivity index (χ3v) is 6.20. The van der Waals surface area contributed by atoms with E-state index in [-0.39, 0.29) is 5.91 Å². The lowest BCUT2D eigenvalue weighted by Gasteiger charge is -2.31. The molecule has 4 rings (SSSR count). The highest BCUT2D eigenvalue weighted by atomic mass is 32.1. The van der Waals surface area contributed by atoms with Gasteiger partial charge in [0.1, 0.15) is 5.01 Å². The van der Waals surface area contributed by atoms with Crippen LogP contribution >= 0.6 is 11.3 Å². The summed E-state index contributed by atoms with van der Waals surface area (Å²) in [5.74, 6) is 1.58. The second-order valence-corrected chi connectivity index (χ2v) is 7.91. The molecule has 0 radical (unpaired) electrons. The Morgan fingerprint density at radius 2 is 2.00 bits per heavy atom. The monoisotopic (exact) mass is 341 g/mol. The zero-order valence-electron chi connectivity index (χ0n) is 14.0. The van der Waals surface area contributed by atoms with Crippen LogP contribution in [0.25, 0.3) is 10.6 Å². The molecule has 0 unspecified atom stereocenters. The molecule has 0 bridgehead atoms. The minimum Gasteiger partial charge on any atom is -0.342 e. The first-order valence-corrected chi connectivity index (χ1v) is 9.53. The van der Waals surface area contributed by atoms with Crippen molar-refractivity contribution in [2.75, 3.05) is 33.2 Å². The smallest absolute Gasteiger partial charge is 0.228 e. The Bertz CT molecular complexity index is 714. The van der Waals surface area contributed by atoms with Gasteiger partial charge in [0, 0.05) is 30.6 Å². The van der Waals surface area contributed by atoms with Crippen molar-refractivity contribution in [2.24, 2.45) is 11.8 Å². The van der Waals surface area contributed by atoms with Crippen molar-refractivity contribution in [3.05, 3.63) is 41.4 Å². The van der Waals surface area contributed by atoms with Gasteiger partial charge in [0.15, 0.2) is 0 Å². The van der Waals surface area contributed by atoms with Crippen LogP contribution in [0, 0.1) is 11.8 Å². The molecule has 1 amide bonds. The lowest BCUT2D eigenvalue weighted by molar-refractivity contribution is -0.129. The van der Waals surface area contributed by atoms with Gasteiger partial charge in [0.25, 0.3) is 0 Å². The number of hydrogen-bond acceptors (Lipinski definition) is 4. The molecule has 126 valence electrons. The summed E-state index contributed by atoms with van der Waals surface area (Å²) >= 11 is 1.62. The maximum absolute atomic E-state index is 12.7. The molecule has 0 N–H and O–H groups in total. The molecule has 2 fully saturated rings. The normalized spacial score (nSPS) is 24.1. The molecule has 24 heavy (non-hydrogen) atoms. The second-order valence-electron chi connectivity index (χ2n) is 7.06. The van der Waals surface area contributed by atoms with E-state index in [4.69, 9.17) is 0 Å². The number of carbonyl (C=O) groups excluding carboxylic acids is 1. The Balaban J connectivity index is 1.39. The molecule has 4 nitrogen and oxygen atoms in total. The molecule has 2 aliphatic heterocycles. The number of rotatable bonds is 3. The van der Waals surface area contributed by atoms with Gasteiger partial charge in [0.2, 0.25) is 5.91 Å². The lowest BCUT2D eigenvalue weighted by atomic mass is 9.89. The average Bonchev–Trinajstić information content (AvgIpc) is 3.22. The molecule has 2 atom stereocenters. The summed E-state index contributed by atoms with van der Waals surface area (Å²) in [7, 11) is 2.18. The van der Waals surface area contributed by atoms with E-state index in [2.05, 4.69) is 34.0 Å². The van der Waals surface area contributed by atoms with Gasteiger partial charge >= 0.3 is 0 Å². The van der Waals surface area contributed by atoms with Crippen LogP contribution in [0.1, 0.15) is 12.1 Å². The number of piperidine rings is 1. The molecular weight excluding hydrogens is 318 g/mol. The van der Waals surface area contributed by atoms with Crippen LogP contribution in [0.3, 0.4) is 0 Å². The van der Waals surface area contributed by atoms with Crippen molar-refractivity contribution in [3.8, 4) is 10.6 Å². The summed E-state index contributed by atoms with van der Waals surface area (Å²) in [5.41, 5.74) is 2.02. The summed E-state index contributed by atoms with van der Waals surface area (Å²) < 4.78 is 0. The predicted molar refractivity (Wildman–Crippen MR) is 96.9 cm³/mol. The van der Waals surface area contributed by atoms with Crippen LogP contribution in [0.15, 0.2) is 35.7 Å². The van der Waals surface area contributed by atoms with Gasteiger partial charge in [0.05, 0.1) is 12.1 Å². The zero-order chi connectivity index (χ0) is 16.5. The van der Waals surface area contributed by atoms with Gasteiger partial charge < -0.3 is 9.80 Å². The van der Waals surface area contributed by atoms with Crippen LogP contribution in [0.5, 0.6) is 0 Å². The van der Waals surface area contributed by atoms with Gasteiger partial charge in [-0.15, -0.1) is 11.3 Å². The highest BCUT2D eigenvalue weighted by Gasteiger charge is 2.37. The summed E-state index contributed by atoms with van der Waals surface area (Å²) in [6.07, 6.45) is 1.65. The van der Waals surface area contributed by atoms with Crippen molar-refractivity contribution in [1.29, 1.82) is 0 Å². The standard InChI is InChI=1S/C19H23N3OS/c1-21-8-7-15-11-22(12-16(15)10-21)18(23)9-17-13-24-19(20-17)14-5-3-2-4-6-14/h2-6,13,15-16H,7-12H2,1H3/t15-,16+/m0/s1. The molecule has 1 aromatic heterocycles. The molecule has 0 saturated carbocycles. The largest absolute Gasteiger partial charge is 0.342 e. The minimum atomic E-state index is 0.233. The number of fused-ring (bicyclic) bond motifs is 1. The fraction of sp³-hybridized carbons (Fsp3) is 0.474. The molecule has 3 heterocycles. The van der Waals surface area contributed by atoms with Crippen LogP contribution in [0.4, 0.5) is 0 Å². The Labute approximate surface area is 147 Å². The van der Waals surface area contributed by atoms with Crippen LogP contribution < -0.4 is 0 Å². The van der Waals surface area contributed by atoms with E-state index in [9.17, 15) is 4.79 Å². The maximum atomic E-state index is 12.7. The van der Waals surface area contributed by atoms with Crippen LogP contribution in [0.2, 0.25) is 0 Å². The number of hydrogen-bond donors (Lipinski definition) is 0. The average molecular weight is 341 g/mol. The lowest BCUT2D eigenvalue weighted by Crippen LogP contribution is -2.37. The second kappa shape index (κ2) is 6.65. The minimum absolute atomic E-state index is 0.233. The summed E-state index contributed by atoms with van der Waals surface area (Å²) in [6.45, 7) is 4.15. The molecule has 5 heteroatoms. The number of aromatic nitrogens is 1. The topological polar surface area (TPSA) is 36.4 Å². The molecule has 2 saturated heterocycles. The first kappa shape index (κ1) is 15.8. The zero-order valence-corrected chi connectivity index (χ0v) is 14.8. The number of carbonyl (C=O) groups is 1. The van der Waals surface area contributed by atoms with E-state index in [1.54, 1.807) is 11.3 Å². The Morgan fingerprint density at radius 1 is 1.21 bits per heavy atom. The first-order valence-electron chi connectivity index (χ1n) is 8.65. The third-order valence-electron chi connectivity index (χ3n) is 5.26. The SMILES string of the molecule is CN1CC[C@H]2CN(C(=O)Cc3csc(-c4ccccc4)n3)C[C@H]2C1. The van der Waals surface area contributed by atoms with Crippen LogP contribution in [-0.4, -0.2) is 53.9 Å². The van der Waals surface area contributed by atoms with Gasteiger partial charge in [-0.1, -0.05) is 30.3 Å². The van der Waals surface area contributed by atoms with Gasteiger partial charge in [-0.3, -0.25) is 4.79 Å². The predicted octanol–water partition coefficient (Wildman–Crippen LogP) is 2.76. The number of amides is 1. The number of benzene rings is 1. The number of likely N-dealkylation sites (tertiary alicyclic amines) is 2. The van der Waals surface area contributed by atoms with E-state index < -0.39 is 0 Å². The highest BCUT2D eigenvalue weighted by Crippen LogP contribution is 2.31. The van der Waals surface area contributed by atoms with Crippen molar-refractivity contribution in [3.63, 3.8) is 0 Å². The summed E-state index contributed by atoms with van der Waals surface area (Å²) in [4.78, 5) is 21.8. The van der Waals surface area contributed by atoms with Gasteiger partial charge in [-0.2, -0.15) is 0 Å². The number of nitrogens with zero attached hydrogens (tertiary/aromatic N) is 3. The quantitative estimate of drug-likeness (QED) is 0.861. The number of thiazole rings is 1. The van der Waals surface area contributed by atoms with Gasteiger partial charge in [-0.05, 0) is 31.8 Å². The molecule has 0 aliphatic carbocycles. The molecule has 0 spiro atoms. The third kappa shape index (κ3) is 3.23. The van der Waals surface area contributed by atoms with Crippen molar-refractivity contribution in [2.45, 2.75) is 12.8 Å². The highest BCUT2D eigenvalue weighted by molar-refractivity contribution is 7.13. The van der Waals surface area contributed by atoms with E-state index in [0.717, 1.165) is 42.4 Å². The van der Waals surface area contributed by atoms with Crippen LogP contribution in [-0.2, 0) is 11.2 Å². The Morgan fingerprint density at radius 3 is 2.83 bits per heavy atom. The van der Waals surface area contributed by atoms with Crippen molar-refractivity contribution < 1.29 is 4.79 Å². The Kier molecular flexibility index (Phi) is 4.37. The van der Waals surface area contributed by atoms with Gasteiger partial charge in [-0.25, -0.2) is 4.98 Å². The molecule has 2 aliphatic rings. The molecule has 2 aromatic rings. The summed E-state index contributed by atoms with van der Waals surface area (Å²) in [5, 5.41) is 3.02. The summed E-state index contributed by atoms with van der Waals surface area (Å²) in [6, 6.07) is 10.2. The first-order chi connectivity index (χ1) is 11.7. The van der Waals surface area contributed by atoms with E-state index in [1.165, 1.54) is 6.42 Å². The van der Waals surface area contributed by atoms with E-state index in [1.807, 2.05) is 23.6 Å². The fourth-order valence-corrected chi connectivity index (χ4v) is 4.75. The molecule has 1 aromatic carbocycles. The Hall–Kier alpha value is -1.72. The van der Waals surface area contributed by atoms with Crippen molar-refractivity contribution in [1.82, 2.24) is 14.8 Å². The van der Waals surface area contributed by atoms with E-state index in [0.29, 0.717) is 18.3 Å².